The zero-order valence-corrected chi connectivity index (χ0v) is 12.8. The van der Waals surface area contributed by atoms with Crippen molar-refractivity contribution < 1.29 is 12.8 Å². The van der Waals surface area contributed by atoms with Gasteiger partial charge in [-0.2, -0.15) is 4.31 Å². The molecule has 0 aliphatic rings. The second-order valence-electron chi connectivity index (χ2n) is 4.54. The Kier molecular flexibility index (Phi) is 4.30. The molecule has 2 rings (SSSR count). The highest BCUT2D eigenvalue weighted by Crippen LogP contribution is 2.27. The van der Waals surface area contributed by atoms with Crippen molar-refractivity contribution in [2.45, 2.75) is 25.7 Å². The van der Waals surface area contributed by atoms with E-state index in [1.165, 1.54) is 4.31 Å². The number of sulfonamides is 1. The average molecular weight is 293 g/mol. The summed E-state index contributed by atoms with van der Waals surface area (Å²) in [6, 6.07) is 8.77. The fraction of sp³-hybridized carbons (Fsp3) is 0.333. The lowest BCUT2D eigenvalue weighted by molar-refractivity contribution is 0.445. The van der Waals surface area contributed by atoms with Gasteiger partial charge < -0.3 is 4.42 Å². The van der Waals surface area contributed by atoms with Gasteiger partial charge in [0.1, 0.15) is 5.76 Å². The van der Waals surface area contributed by atoms with Crippen LogP contribution >= 0.6 is 0 Å². The zero-order valence-electron chi connectivity index (χ0n) is 12.0. The van der Waals surface area contributed by atoms with Gasteiger partial charge in [-0.15, -0.1) is 0 Å². The molecule has 0 unspecified atom stereocenters. The maximum Gasteiger partial charge on any atom is 0.243 e. The van der Waals surface area contributed by atoms with E-state index in [-0.39, 0.29) is 0 Å². The van der Waals surface area contributed by atoms with Crippen molar-refractivity contribution in [1.82, 2.24) is 4.31 Å². The third-order valence-electron chi connectivity index (χ3n) is 3.34. The number of benzene rings is 1. The van der Waals surface area contributed by atoms with Crippen molar-refractivity contribution in [3.63, 3.8) is 0 Å². The van der Waals surface area contributed by atoms with Gasteiger partial charge in [0, 0.05) is 18.7 Å². The van der Waals surface area contributed by atoms with Gasteiger partial charge in [0.25, 0.3) is 0 Å². The van der Waals surface area contributed by atoms with E-state index in [2.05, 4.69) is 0 Å². The molecule has 0 N–H and O–H groups in total. The minimum atomic E-state index is -3.44. The molecule has 4 nitrogen and oxygen atoms in total. The minimum Gasteiger partial charge on any atom is -0.464 e. The van der Waals surface area contributed by atoms with Crippen molar-refractivity contribution in [2.24, 2.45) is 0 Å². The van der Waals surface area contributed by atoms with E-state index in [1.54, 1.807) is 24.5 Å². The van der Waals surface area contributed by atoms with Crippen LogP contribution in [0.3, 0.4) is 0 Å². The van der Waals surface area contributed by atoms with E-state index in [0.717, 1.165) is 11.1 Å². The number of hydrogen-bond acceptors (Lipinski definition) is 3. The SMILES string of the molecule is CCN(CC)S(=O)(=O)c1ccc(C)c(-c2ccco2)c1. The second kappa shape index (κ2) is 5.81. The standard InChI is InChI=1S/C15H19NO3S/c1-4-16(5-2)20(17,18)13-9-8-12(3)14(11-13)15-7-6-10-19-15/h6-11H,4-5H2,1-3H3. The average Bonchev–Trinajstić information content (AvgIpc) is 2.94. The molecule has 1 aromatic carbocycles. The molecule has 0 fully saturated rings. The minimum absolute atomic E-state index is 0.304. The third kappa shape index (κ3) is 2.64. The van der Waals surface area contributed by atoms with Crippen LogP contribution in [-0.4, -0.2) is 25.8 Å². The van der Waals surface area contributed by atoms with Crippen molar-refractivity contribution in [3.05, 3.63) is 42.2 Å². The zero-order chi connectivity index (χ0) is 14.8. The van der Waals surface area contributed by atoms with Crippen molar-refractivity contribution in [3.8, 4) is 11.3 Å². The Balaban J connectivity index is 2.52. The predicted octanol–water partition coefficient (Wildman–Crippen LogP) is 3.29. The summed E-state index contributed by atoms with van der Waals surface area (Å²) in [7, 11) is -3.44. The summed E-state index contributed by atoms with van der Waals surface area (Å²) in [5, 5.41) is 0. The van der Waals surface area contributed by atoms with Gasteiger partial charge in [-0.1, -0.05) is 19.9 Å². The molecule has 0 aliphatic carbocycles. The van der Waals surface area contributed by atoms with Gasteiger partial charge in [0.2, 0.25) is 10.0 Å². The van der Waals surface area contributed by atoms with Gasteiger partial charge in [-0.05, 0) is 36.8 Å². The van der Waals surface area contributed by atoms with Crippen LogP contribution in [0.1, 0.15) is 19.4 Å². The Hall–Kier alpha value is -1.59. The van der Waals surface area contributed by atoms with Crippen LogP contribution < -0.4 is 0 Å². The van der Waals surface area contributed by atoms with Crippen LogP contribution in [0.2, 0.25) is 0 Å². The molecule has 0 radical (unpaired) electrons. The fourth-order valence-electron chi connectivity index (χ4n) is 2.17. The molecule has 2 aromatic rings. The van der Waals surface area contributed by atoms with Crippen LogP contribution in [0.15, 0.2) is 45.9 Å². The first-order chi connectivity index (χ1) is 9.50. The molecule has 0 saturated carbocycles. The molecule has 20 heavy (non-hydrogen) atoms. The number of aryl methyl sites for hydroxylation is 1. The molecule has 0 atom stereocenters. The lowest BCUT2D eigenvalue weighted by Crippen LogP contribution is -2.30. The summed E-state index contributed by atoms with van der Waals surface area (Å²) < 4.78 is 31.9. The van der Waals surface area contributed by atoms with Crippen LogP contribution in [0.5, 0.6) is 0 Å². The third-order valence-corrected chi connectivity index (χ3v) is 5.38. The molecule has 1 heterocycles. The van der Waals surface area contributed by atoms with Crippen molar-refractivity contribution in [1.29, 1.82) is 0 Å². The molecule has 1 aromatic heterocycles. The summed E-state index contributed by atoms with van der Waals surface area (Å²) >= 11 is 0. The maximum absolute atomic E-state index is 12.5. The Morgan fingerprint density at radius 3 is 2.40 bits per heavy atom. The molecule has 0 amide bonds. The molecule has 0 spiro atoms. The number of rotatable bonds is 5. The van der Waals surface area contributed by atoms with Gasteiger partial charge in [-0.3, -0.25) is 0 Å². The summed E-state index contributed by atoms with van der Waals surface area (Å²) in [5.74, 6) is 0.680. The van der Waals surface area contributed by atoms with E-state index >= 15 is 0 Å². The summed E-state index contributed by atoms with van der Waals surface area (Å²) in [6.45, 7) is 6.53. The van der Waals surface area contributed by atoms with Crippen LogP contribution in [0.4, 0.5) is 0 Å². The van der Waals surface area contributed by atoms with E-state index in [0.29, 0.717) is 23.7 Å². The first kappa shape index (κ1) is 14.8. The molecule has 5 heteroatoms. The first-order valence-corrected chi connectivity index (χ1v) is 8.09. The Morgan fingerprint density at radius 2 is 1.85 bits per heavy atom. The van der Waals surface area contributed by atoms with E-state index < -0.39 is 10.0 Å². The van der Waals surface area contributed by atoms with Crippen molar-refractivity contribution in [2.75, 3.05) is 13.1 Å². The van der Waals surface area contributed by atoms with Crippen LogP contribution in [0, 0.1) is 6.92 Å². The predicted molar refractivity (Wildman–Crippen MR) is 79.0 cm³/mol. The van der Waals surface area contributed by atoms with E-state index in [4.69, 9.17) is 4.42 Å². The quantitative estimate of drug-likeness (QED) is 0.850. The van der Waals surface area contributed by atoms with Gasteiger partial charge in [-0.25, -0.2) is 8.42 Å². The molecule has 0 saturated heterocycles. The summed E-state index contributed by atoms with van der Waals surface area (Å²) in [5.41, 5.74) is 1.79. The van der Waals surface area contributed by atoms with Crippen molar-refractivity contribution >= 4 is 10.0 Å². The fourth-order valence-corrected chi connectivity index (χ4v) is 3.66. The summed E-state index contributed by atoms with van der Waals surface area (Å²) in [4.78, 5) is 0.304. The van der Waals surface area contributed by atoms with E-state index in [9.17, 15) is 8.42 Å². The summed E-state index contributed by atoms with van der Waals surface area (Å²) in [6.07, 6.45) is 1.58. The monoisotopic (exact) mass is 293 g/mol. The lowest BCUT2D eigenvalue weighted by Gasteiger charge is -2.19. The van der Waals surface area contributed by atoms with Crippen LogP contribution in [0.25, 0.3) is 11.3 Å². The topological polar surface area (TPSA) is 50.5 Å². The number of nitrogens with zero attached hydrogens (tertiary/aromatic N) is 1. The lowest BCUT2D eigenvalue weighted by atomic mass is 10.1. The maximum atomic E-state index is 12.5. The smallest absolute Gasteiger partial charge is 0.243 e. The first-order valence-electron chi connectivity index (χ1n) is 6.65. The van der Waals surface area contributed by atoms with Gasteiger partial charge in [0.05, 0.1) is 11.2 Å². The van der Waals surface area contributed by atoms with Crippen LogP contribution in [-0.2, 0) is 10.0 Å². The Morgan fingerprint density at radius 1 is 1.15 bits per heavy atom. The highest BCUT2D eigenvalue weighted by molar-refractivity contribution is 7.89. The van der Waals surface area contributed by atoms with Gasteiger partial charge in [0.15, 0.2) is 0 Å². The normalized spacial score (nSPS) is 12.0. The Labute approximate surface area is 120 Å². The number of furan rings is 1. The Bertz CT molecular complexity index is 671. The van der Waals surface area contributed by atoms with Gasteiger partial charge >= 0.3 is 0 Å². The van der Waals surface area contributed by atoms with E-state index in [1.807, 2.05) is 32.9 Å². The molecule has 0 bridgehead atoms. The molecular formula is C15H19NO3S. The molecular weight excluding hydrogens is 274 g/mol. The largest absolute Gasteiger partial charge is 0.464 e. The highest BCUT2D eigenvalue weighted by Gasteiger charge is 2.22. The molecule has 108 valence electrons. The molecule has 0 aliphatic heterocycles. The number of hydrogen-bond donors (Lipinski definition) is 0. The highest BCUT2D eigenvalue weighted by atomic mass is 32.2. The second-order valence-corrected chi connectivity index (χ2v) is 6.48.